The van der Waals surface area contributed by atoms with Crippen LogP contribution in [0.25, 0.3) is 0 Å². The zero-order valence-electron chi connectivity index (χ0n) is 10.2. The maximum absolute atomic E-state index is 5.51. The molecule has 88 valence electrons. The Morgan fingerprint density at radius 1 is 1.27 bits per heavy atom. The van der Waals surface area contributed by atoms with Gasteiger partial charge in [-0.05, 0) is 57.4 Å². The molecule has 0 heterocycles. The van der Waals surface area contributed by atoms with Gasteiger partial charge in [0.15, 0.2) is 0 Å². The van der Waals surface area contributed by atoms with Crippen molar-refractivity contribution in [2.45, 2.75) is 45.6 Å². The molecule has 2 saturated carbocycles. The predicted octanol–water partition coefficient (Wildman–Crippen LogP) is 2.44. The van der Waals surface area contributed by atoms with Crippen molar-refractivity contribution < 1.29 is 4.74 Å². The first kappa shape index (κ1) is 11.4. The molecular weight excluding hydrogens is 186 g/mol. The summed E-state index contributed by atoms with van der Waals surface area (Å²) >= 11 is 0. The highest BCUT2D eigenvalue weighted by molar-refractivity contribution is 4.90. The fourth-order valence-corrected chi connectivity index (χ4v) is 3.28. The molecule has 2 fully saturated rings. The van der Waals surface area contributed by atoms with Gasteiger partial charge in [-0.2, -0.15) is 0 Å². The van der Waals surface area contributed by atoms with Crippen molar-refractivity contribution in [1.29, 1.82) is 0 Å². The first-order valence-corrected chi connectivity index (χ1v) is 6.58. The van der Waals surface area contributed by atoms with Crippen molar-refractivity contribution in [2.75, 3.05) is 19.7 Å². The van der Waals surface area contributed by atoms with Gasteiger partial charge in [0, 0.05) is 6.54 Å². The molecule has 2 heteroatoms. The van der Waals surface area contributed by atoms with Gasteiger partial charge >= 0.3 is 0 Å². The summed E-state index contributed by atoms with van der Waals surface area (Å²) in [5.41, 5.74) is 0. The Morgan fingerprint density at radius 3 is 2.73 bits per heavy atom. The smallest absolute Gasteiger partial charge is 0.0594 e. The van der Waals surface area contributed by atoms with E-state index in [0.29, 0.717) is 6.10 Å². The molecule has 15 heavy (non-hydrogen) atoms. The van der Waals surface area contributed by atoms with E-state index in [1.165, 1.54) is 32.2 Å². The van der Waals surface area contributed by atoms with E-state index >= 15 is 0 Å². The van der Waals surface area contributed by atoms with Gasteiger partial charge in [-0.25, -0.2) is 0 Å². The molecular formula is C13H25NO. The Kier molecular flexibility index (Phi) is 4.04. The van der Waals surface area contributed by atoms with E-state index in [2.05, 4.69) is 19.2 Å². The van der Waals surface area contributed by atoms with Gasteiger partial charge in [0.05, 0.1) is 12.7 Å². The van der Waals surface area contributed by atoms with Gasteiger partial charge in [0.1, 0.15) is 0 Å². The summed E-state index contributed by atoms with van der Waals surface area (Å²) in [6.45, 7) is 7.29. The molecule has 2 aliphatic carbocycles. The maximum Gasteiger partial charge on any atom is 0.0594 e. The molecule has 0 amide bonds. The number of ether oxygens (including phenoxy) is 1. The van der Waals surface area contributed by atoms with Crippen molar-refractivity contribution in [1.82, 2.24) is 5.32 Å². The summed E-state index contributed by atoms with van der Waals surface area (Å²) in [5, 5.41) is 3.54. The van der Waals surface area contributed by atoms with Crippen molar-refractivity contribution in [2.24, 2.45) is 17.8 Å². The van der Waals surface area contributed by atoms with E-state index in [9.17, 15) is 0 Å². The molecule has 2 aliphatic rings. The molecule has 3 atom stereocenters. The Morgan fingerprint density at radius 2 is 2.13 bits per heavy atom. The van der Waals surface area contributed by atoms with Gasteiger partial charge < -0.3 is 10.1 Å². The number of rotatable bonds is 6. The van der Waals surface area contributed by atoms with E-state index in [0.717, 1.165) is 30.9 Å². The van der Waals surface area contributed by atoms with Crippen molar-refractivity contribution >= 4 is 0 Å². The first-order chi connectivity index (χ1) is 7.25. The van der Waals surface area contributed by atoms with E-state index in [1.54, 1.807) is 0 Å². The third-order valence-electron chi connectivity index (χ3n) is 4.02. The van der Waals surface area contributed by atoms with E-state index in [1.807, 2.05) is 0 Å². The fourth-order valence-electron chi connectivity index (χ4n) is 3.28. The number of hydrogen-bond acceptors (Lipinski definition) is 2. The maximum atomic E-state index is 5.51. The van der Waals surface area contributed by atoms with Crippen molar-refractivity contribution in [3.63, 3.8) is 0 Å². The Hall–Kier alpha value is -0.0800. The molecule has 0 spiro atoms. The molecule has 0 aromatic heterocycles. The standard InChI is InChI=1S/C13H25NO/c1-10(2)15-6-5-14-9-13-8-11-3-4-12(13)7-11/h10-14H,3-9H2,1-2H3. The molecule has 2 bridgehead atoms. The number of fused-ring (bicyclic) bond motifs is 2. The highest BCUT2D eigenvalue weighted by atomic mass is 16.5. The molecule has 0 aromatic rings. The molecule has 0 radical (unpaired) electrons. The minimum absolute atomic E-state index is 0.370. The van der Waals surface area contributed by atoms with Crippen LogP contribution in [-0.4, -0.2) is 25.8 Å². The third kappa shape index (κ3) is 3.18. The lowest BCUT2D eigenvalue weighted by molar-refractivity contribution is 0.0799. The van der Waals surface area contributed by atoms with Crippen LogP contribution in [0.4, 0.5) is 0 Å². The van der Waals surface area contributed by atoms with Crippen LogP contribution in [0.2, 0.25) is 0 Å². The van der Waals surface area contributed by atoms with Crippen LogP contribution in [0.15, 0.2) is 0 Å². The second-order valence-electron chi connectivity index (χ2n) is 5.56. The normalized spacial score (nSPS) is 34.2. The summed E-state index contributed by atoms with van der Waals surface area (Å²) in [7, 11) is 0. The fraction of sp³-hybridized carbons (Fsp3) is 1.00. The van der Waals surface area contributed by atoms with Crippen LogP contribution in [0.5, 0.6) is 0 Å². The van der Waals surface area contributed by atoms with Crippen LogP contribution >= 0.6 is 0 Å². The monoisotopic (exact) mass is 211 g/mol. The summed E-state index contributed by atoms with van der Waals surface area (Å²) in [6.07, 6.45) is 6.39. The molecule has 1 N–H and O–H groups in total. The zero-order chi connectivity index (χ0) is 10.7. The lowest BCUT2D eigenvalue weighted by atomic mass is 9.89. The SMILES string of the molecule is CC(C)OCCNCC1CC2CCC1C2. The molecule has 0 saturated heterocycles. The Balaban J connectivity index is 1.51. The summed E-state index contributed by atoms with van der Waals surface area (Å²) in [6, 6.07) is 0. The van der Waals surface area contributed by atoms with Crippen LogP contribution in [0.1, 0.15) is 39.5 Å². The van der Waals surface area contributed by atoms with Crippen molar-refractivity contribution in [3.05, 3.63) is 0 Å². The third-order valence-corrected chi connectivity index (χ3v) is 4.02. The highest BCUT2D eigenvalue weighted by Crippen LogP contribution is 2.47. The van der Waals surface area contributed by atoms with E-state index in [-0.39, 0.29) is 0 Å². The van der Waals surface area contributed by atoms with Crippen LogP contribution < -0.4 is 5.32 Å². The van der Waals surface area contributed by atoms with Crippen molar-refractivity contribution in [3.8, 4) is 0 Å². The molecule has 2 nitrogen and oxygen atoms in total. The Labute approximate surface area is 93.8 Å². The van der Waals surface area contributed by atoms with Gasteiger partial charge in [-0.15, -0.1) is 0 Å². The lowest BCUT2D eigenvalue weighted by Crippen LogP contribution is -2.29. The highest BCUT2D eigenvalue weighted by Gasteiger charge is 2.38. The Bertz CT molecular complexity index is 193. The second-order valence-corrected chi connectivity index (χ2v) is 5.56. The molecule has 2 rings (SSSR count). The average Bonchev–Trinajstić information content (AvgIpc) is 2.78. The average molecular weight is 211 g/mol. The quantitative estimate of drug-likeness (QED) is 0.681. The van der Waals surface area contributed by atoms with Gasteiger partial charge in [0.2, 0.25) is 0 Å². The lowest BCUT2D eigenvalue weighted by Gasteiger charge is -2.22. The van der Waals surface area contributed by atoms with E-state index in [4.69, 9.17) is 4.74 Å². The molecule has 0 aliphatic heterocycles. The van der Waals surface area contributed by atoms with Gasteiger partial charge in [-0.3, -0.25) is 0 Å². The number of hydrogen-bond donors (Lipinski definition) is 1. The predicted molar refractivity (Wildman–Crippen MR) is 62.9 cm³/mol. The molecule has 0 aromatic carbocycles. The zero-order valence-corrected chi connectivity index (χ0v) is 10.2. The first-order valence-electron chi connectivity index (χ1n) is 6.58. The minimum Gasteiger partial charge on any atom is -0.377 e. The second kappa shape index (κ2) is 5.31. The van der Waals surface area contributed by atoms with Gasteiger partial charge in [0.25, 0.3) is 0 Å². The summed E-state index contributed by atoms with van der Waals surface area (Å²) < 4.78 is 5.51. The molecule has 3 unspecified atom stereocenters. The topological polar surface area (TPSA) is 21.3 Å². The number of nitrogens with one attached hydrogen (secondary N) is 1. The van der Waals surface area contributed by atoms with Crippen LogP contribution in [0, 0.1) is 17.8 Å². The van der Waals surface area contributed by atoms with Crippen LogP contribution in [0.3, 0.4) is 0 Å². The summed E-state index contributed by atoms with van der Waals surface area (Å²) in [5.74, 6) is 3.10. The van der Waals surface area contributed by atoms with E-state index < -0.39 is 0 Å². The minimum atomic E-state index is 0.370. The largest absolute Gasteiger partial charge is 0.377 e. The van der Waals surface area contributed by atoms with Gasteiger partial charge in [-0.1, -0.05) is 6.42 Å². The van der Waals surface area contributed by atoms with Crippen LogP contribution in [-0.2, 0) is 4.74 Å². The summed E-state index contributed by atoms with van der Waals surface area (Å²) in [4.78, 5) is 0.